The summed E-state index contributed by atoms with van der Waals surface area (Å²) in [5.74, 6) is -0.369. The highest BCUT2D eigenvalue weighted by Gasteiger charge is 2.39. The largest absolute Gasteiger partial charge is 0.445 e. The number of ether oxygens (including phenoxy) is 1. The molecule has 1 saturated heterocycles. The molecule has 11 heteroatoms. The van der Waals surface area contributed by atoms with Gasteiger partial charge in [0.2, 0.25) is 5.91 Å². The van der Waals surface area contributed by atoms with E-state index in [0.29, 0.717) is 13.0 Å². The van der Waals surface area contributed by atoms with Crippen LogP contribution in [0, 0.1) is 0 Å². The van der Waals surface area contributed by atoms with Gasteiger partial charge in [0.25, 0.3) is 10.2 Å². The molecule has 9 nitrogen and oxygen atoms in total. The molecule has 2 amide bonds. The molecular weight excluding hydrogens is 356 g/mol. The van der Waals surface area contributed by atoms with Crippen LogP contribution in [0.4, 0.5) is 4.79 Å². The van der Waals surface area contributed by atoms with E-state index in [4.69, 9.17) is 4.74 Å². The van der Waals surface area contributed by atoms with Crippen LogP contribution in [0.15, 0.2) is 12.7 Å². The van der Waals surface area contributed by atoms with Crippen LogP contribution in [0.2, 0.25) is 0 Å². The molecular formula is C13H24N4O5S2. The van der Waals surface area contributed by atoms with E-state index in [2.05, 4.69) is 29.2 Å². The van der Waals surface area contributed by atoms with Crippen molar-refractivity contribution in [1.82, 2.24) is 19.2 Å². The van der Waals surface area contributed by atoms with E-state index in [1.54, 1.807) is 0 Å². The first kappa shape index (κ1) is 20.7. The lowest BCUT2D eigenvalue weighted by Gasteiger charge is -2.23. The zero-order valence-electron chi connectivity index (χ0n) is 13.8. The number of thiol groups is 1. The first-order valence-corrected chi connectivity index (χ1v) is 9.32. The average molecular weight is 380 g/mol. The summed E-state index contributed by atoms with van der Waals surface area (Å²) in [5.41, 5.74) is 0. The third-order valence-corrected chi connectivity index (χ3v) is 5.23. The molecule has 138 valence electrons. The Hall–Kier alpha value is -1.30. The molecule has 0 bridgehead atoms. The normalized spacial score (nSPS) is 20.9. The molecule has 0 spiro atoms. The average Bonchev–Trinajstić information content (AvgIpc) is 2.91. The number of nitrogens with zero attached hydrogens (tertiary/aromatic N) is 2. The summed E-state index contributed by atoms with van der Waals surface area (Å²) < 4.78 is 31.4. The molecule has 0 saturated carbocycles. The van der Waals surface area contributed by atoms with E-state index in [0.717, 1.165) is 4.31 Å². The highest BCUT2D eigenvalue weighted by atomic mass is 32.2. The topological polar surface area (TPSA) is 108 Å². The molecule has 0 aromatic heterocycles. The summed E-state index contributed by atoms with van der Waals surface area (Å²) in [7, 11) is -0.729. The second-order valence-corrected chi connectivity index (χ2v) is 8.10. The zero-order valence-corrected chi connectivity index (χ0v) is 15.5. The van der Waals surface area contributed by atoms with Gasteiger partial charge in [0.1, 0.15) is 12.6 Å². The number of amides is 2. The maximum Gasteiger partial charge on any atom is 0.410 e. The van der Waals surface area contributed by atoms with Crippen LogP contribution in [0.3, 0.4) is 0 Å². The van der Waals surface area contributed by atoms with Crippen LogP contribution < -0.4 is 10.0 Å². The molecule has 1 heterocycles. The predicted octanol–water partition coefficient (Wildman–Crippen LogP) is -0.806. The van der Waals surface area contributed by atoms with Crippen LogP contribution in [0.1, 0.15) is 6.42 Å². The van der Waals surface area contributed by atoms with Crippen LogP contribution in [0.5, 0.6) is 0 Å². The van der Waals surface area contributed by atoms with Gasteiger partial charge in [0.05, 0.1) is 0 Å². The van der Waals surface area contributed by atoms with Crippen LogP contribution in [0.25, 0.3) is 0 Å². The van der Waals surface area contributed by atoms with Crippen molar-refractivity contribution in [2.24, 2.45) is 0 Å². The number of nitrogens with one attached hydrogen (secondary N) is 2. The Morgan fingerprint density at radius 3 is 2.67 bits per heavy atom. The van der Waals surface area contributed by atoms with Crippen LogP contribution >= 0.6 is 12.6 Å². The molecule has 0 unspecified atom stereocenters. The third kappa shape index (κ3) is 5.96. The van der Waals surface area contributed by atoms with Crippen molar-refractivity contribution in [3.63, 3.8) is 0 Å². The van der Waals surface area contributed by atoms with Crippen LogP contribution in [-0.4, -0.2) is 81.3 Å². The number of carbonyl (C=O) groups is 2. The maximum atomic E-state index is 12.2. The van der Waals surface area contributed by atoms with Gasteiger partial charge in [-0.1, -0.05) is 12.7 Å². The Labute approximate surface area is 148 Å². The van der Waals surface area contributed by atoms with E-state index in [1.165, 1.54) is 25.1 Å². The Bertz CT molecular complexity index is 567. The fourth-order valence-corrected chi connectivity index (χ4v) is 3.08. The van der Waals surface area contributed by atoms with Gasteiger partial charge in [-0.05, 0) is 6.42 Å². The SMILES string of the molecule is C=CCOC(=O)N1C[C@@H](S)C[C@H]1C(=O)NCCNS(=O)(=O)N(C)C. The highest BCUT2D eigenvalue weighted by molar-refractivity contribution is 7.87. The highest BCUT2D eigenvalue weighted by Crippen LogP contribution is 2.22. The van der Waals surface area contributed by atoms with Crippen molar-refractivity contribution in [3.8, 4) is 0 Å². The molecule has 0 radical (unpaired) electrons. The van der Waals surface area contributed by atoms with E-state index < -0.39 is 22.3 Å². The van der Waals surface area contributed by atoms with Crippen molar-refractivity contribution in [3.05, 3.63) is 12.7 Å². The summed E-state index contributed by atoms with van der Waals surface area (Å²) >= 11 is 4.31. The second kappa shape index (κ2) is 9.25. The van der Waals surface area contributed by atoms with E-state index in [9.17, 15) is 18.0 Å². The maximum absolute atomic E-state index is 12.2. The molecule has 0 aliphatic carbocycles. The zero-order chi connectivity index (χ0) is 18.3. The number of rotatable bonds is 8. The van der Waals surface area contributed by atoms with Gasteiger partial charge in [-0.15, -0.1) is 0 Å². The lowest BCUT2D eigenvalue weighted by Crippen LogP contribution is -2.48. The number of likely N-dealkylation sites (tertiary alicyclic amines) is 1. The van der Waals surface area contributed by atoms with Crippen molar-refractivity contribution < 1.29 is 22.7 Å². The fourth-order valence-electron chi connectivity index (χ4n) is 2.09. The first-order chi connectivity index (χ1) is 11.2. The molecule has 24 heavy (non-hydrogen) atoms. The molecule has 2 N–H and O–H groups in total. The Balaban J connectivity index is 2.50. The summed E-state index contributed by atoms with van der Waals surface area (Å²) in [4.78, 5) is 25.5. The molecule has 1 fully saturated rings. The van der Waals surface area contributed by atoms with Gasteiger partial charge in [0, 0.05) is 39.0 Å². The number of hydrogen-bond donors (Lipinski definition) is 3. The van der Waals surface area contributed by atoms with E-state index in [-0.39, 0.29) is 30.9 Å². The predicted molar refractivity (Wildman–Crippen MR) is 93.0 cm³/mol. The molecule has 2 atom stereocenters. The minimum absolute atomic E-state index is 0.0458. The quantitative estimate of drug-likeness (QED) is 0.290. The Morgan fingerprint density at radius 2 is 2.08 bits per heavy atom. The Kier molecular flexibility index (Phi) is 8.00. The van der Waals surface area contributed by atoms with Gasteiger partial charge < -0.3 is 10.1 Å². The fraction of sp³-hybridized carbons (Fsp3) is 0.692. The van der Waals surface area contributed by atoms with Gasteiger partial charge >= 0.3 is 6.09 Å². The van der Waals surface area contributed by atoms with Gasteiger partial charge in [-0.25, -0.2) is 9.52 Å². The van der Waals surface area contributed by atoms with Crippen molar-refractivity contribution in [1.29, 1.82) is 0 Å². The Morgan fingerprint density at radius 1 is 1.42 bits per heavy atom. The van der Waals surface area contributed by atoms with Crippen molar-refractivity contribution in [2.45, 2.75) is 17.7 Å². The number of hydrogen-bond acceptors (Lipinski definition) is 6. The molecule has 0 aromatic rings. The summed E-state index contributed by atoms with van der Waals surface area (Å²) in [6.07, 6.45) is 1.25. The van der Waals surface area contributed by atoms with Gasteiger partial charge in [-0.2, -0.15) is 25.4 Å². The third-order valence-electron chi connectivity index (χ3n) is 3.33. The van der Waals surface area contributed by atoms with E-state index >= 15 is 0 Å². The first-order valence-electron chi connectivity index (χ1n) is 7.36. The summed E-state index contributed by atoms with van der Waals surface area (Å²) in [5, 5.41) is 2.49. The molecule has 1 aliphatic rings. The van der Waals surface area contributed by atoms with E-state index in [1.807, 2.05) is 0 Å². The standard InChI is InChI=1S/C13H24N4O5S2/c1-4-7-22-13(19)17-9-10(23)8-11(17)12(18)14-5-6-15-24(20,21)16(2)3/h4,10-11,15,23H,1,5-9H2,2-3H3,(H,14,18)/t10-,11-/m0/s1. The second-order valence-electron chi connectivity index (χ2n) is 5.40. The summed E-state index contributed by atoms with van der Waals surface area (Å²) in [6.45, 7) is 3.99. The smallest absolute Gasteiger partial charge is 0.410 e. The van der Waals surface area contributed by atoms with Gasteiger partial charge in [0.15, 0.2) is 0 Å². The summed E-state index contributed by atoms with van der Waals surface area (Å²) in [6, 6.07) is -0.685. The van der Waals surface area contributed by atoms with Crippen molar-refractivity contribution in [2.75, 3.05) is 40.3 Å². The lowest BCUT2D eigenvalue weighted by atomic mass is 10.2. The minimum Gasteiger partial charge on any atom is -0.445 e. The molecule has 1 rings (SSSR count). The van der Waals surface area contributed by atoms with Gasteiger partial charge in [-0.3, -0.25) is 9.69 Å². The lowest BCUT2D eigenvalue weighted by molar-refractivity contribution is -0.125. The van der Waals surface area contributed by atoms with Crippen LogP contribution in [-0.2, 0) is 19.7 Å². The molecule has 0 aromatic carbocycles. The molecule has 1 aliphatic heterocycles. The minimum atomic E-state index is -3.53. The van der Waals surface area contributed by atoms with Crippen molar-refractivity contribution >= 4 is 34.8 Å². The monoisotopic (exact) mass is 380 g/mol. The number of carbonyl (C=O) groups excluding carboxylic acids is 2.